The molecule has 0 amide bonds. The van der Waals surface area contributed by atoms with Gasteiger partial charge in [-0.05, 0) is 12.3 Å². The summed E-state index contributed by atoms with van der Waals surface area (Å²) >= 11 is 0. The molecule has 2 atom stereocenters. The second kappa shape index (κ2) is 11.0. The average molecular weight is 243 g/mol. The van der Waals surface area contributed by atoms with Gasteiger partial charge >= 0.3 is 0 Å². The summed E-state index contributed by atoms with van der Waals surface area (Å²) in [7, 11) is 1.77. The van der Waals surface area contributed by atoms with Gasteiger partial charge in [-0.1, -0.05) is 65.7 Å². The van der Waals surface area contributed by atoms with Crippen LogP contribution in [0.5, 0.6) is 0 Å². The third-order valence-corrected chi connectivity index (χ3v) is 3.49. The SMILES string of the molecule is CCCCCCCCCC(N)C(OC)C(C)C. The second-order valence-corrected chi connectivity index (χ2v) is 5.52. The van der Waals surface area contributed by atoms with Crippen LogP contribution in [0.3, 0.4) is 0 Å². The summed E-state index contributed by atoms with van der Waals surface area (Å²) in [6.45, 7) is 6.62. The lowest BCUT2D eigenvalue weighted by molar-refractivity contribution is 0.0412. The Bertz CT molecular complexity index is 159. The molecule has 17 heavy (non-hydrogen) atoms. The van der Waals surface area contributed by atoms with Crippen LogP contribution < -0.4 is 5.73 Å². The van der Waals surface area contributed by atoms with E-state index in [1.54, 1.807) is 7.11 Å². The van der Waals surface area contributed by atoms with Gasteiger partial charge in [0.25, 0.3) is 0 Å². The predicted octanol–water partition coefficient (Wildman–Crippen LogP) is 4.13. The molecule has 0 heterocycles. The van der Waals surface area contributed by atoms with Crippen molar-refractivity contribution in [2.24, 2.45) is 11.7 Å². The molecular weight excluding hydrogens is 210 g/mol. The highest BCUT2D eigenvalue weighted by atomic mass is 16.5. The molecule has 0 saturated carbocycles. The molecule has 2 N–H and O–H groups in total. The molecule has 0 aromatic carbocycles. The van der Waals surface area contributed by atoms with E-state index in [-0.39, 0.29) is 12.1 Å². The Hall–Kier alpha value is -0.0800. The van der Waals surface area contributed by atoms with Gasteiger partial charge < -0.3 is 10.5 Å². The number of unbranched alkanes of at least 4 members (excludes halogenated alkanes) is 6. The summed E-state index contributed by atoms with van der Waals surface area (Å²) in [6, 6.07) is 0.204. The molecule has 0 rings (SSSR count). The molecule has 0 aromatic heterocycles. The highest BCUT2D eigenvalue weighted by molar-refractivity contribution is 4.75. The molecule has 2 nitrogen and oxygen atoms in total. The molecule has 0 aliphatic rings. The molecule has 0 aromatic rings. The van der Waals surface area contributed by atoms with E-state index in [2.05, 4.69) is 20.8 Å². The first-order valence-electron chi connectivity index (χ1n) is 7.41. The van der Waals surface area contributed by atoms with Crippen molar-refractivity contribution in [2.75, 3.05) is 7.11 Å². The van der Waals surface area contributed by atoms with Gasteiger partial charge in [-0.2, -0.15) is 0 Å². The number of hydrogen-bond acceptors (Lipinski definition) is 2. The summed E-state index contributed by atoms with van der Waals surface area (Å²) in [5.41, 5.74) is 6.17. The van der Waals surface area contributed by atoms with E-state index in [0.717, 1.165) is 6.42 Å². The van der Waals surface area contributed by atoms with E-state index in [1.807, 2.05) is 0 Å². The lowest BCUT2D eigenvalue weighted by atomic mass is 9.95. The van der Waals surface area contributed by atoms with Crippen LogP contribution in [0.2, 0.25) is 0 Å². The van der Waals surface area contributed by atoms with E-state index in [0.29, 0.717) is 5.92 Å². The van der Waals surface area contributed by atoms with Gasteiger partial charge in [0.2, 0.25) is 0 Å². The van der Waals surface area contributed by atoms with Crippen molar-refractivity contribution in [1.82, 2.24) is 0 Å². The van der Waals surface area contributed by atoms with Crippen molar-refractivity contribution in [3.8, 4) is 0 Å². The summed E-state index contributed by atoms with van der Waals surface area (Å²) < 4.78 is 5.46. The highest BCUT2D eigenvalue weighted by Crippen LogP contribution is 2.15. The van der Waals surface area contributed by atoms with E-state index in [1.165, 1.54) is 44.9 Å². The van der Waals surface area contributed by atoms with Gasteiger partial charge in [0.05, 0.1) is 6.10 Å². The molecule has 0 aliphatic carbocycles. The number of hydrogen-bond donors (Lipinski definition) is 1. The lowest BCUT2D eigenvalue weighted by Gasteiger charge is -2.25. The minimum Gasteiger partial charge on any atom is -0.380 e. The largest absolute Gasteiger partial charge is 0.380 e. The van der Waals surface area contributed by atoms with Gasteiger partial charge in [-0.25, -0.2) is 0 Å². The number of nitrogens with two attached hydrogens (primary N) is 1. The number of methoxy groups -OCH3 is 1. The fourth-order valence-electron chi connectivity index (χ4n) is 2.44. The molecule has 0 bridgehead atoms. The Morgan fingerprint density at radius 3 is 1.94 bits per heavy atom. The van der Waals surface area contributed by atoms with E-state index >= 15 is 0 Å². The van der Waals surface area contributed by atoms with E-state index in [4.69, 9.17) is 10.5 Å². The van der Waals surface area contributed by atoms with Gasteiger partial charge in [0.1, 0.15) is 0 Å². The molecular formula is C15H33NO. The molecule has 104 valence electrons. The van der Waals surface area contributed by atoms with Crippen molar-refractivity contribution in [1.29, 1.82) is 0 Å². The van der Waals surface area contributed by atoms with Crippen molar-refractivity contribution >= 4 is 0 Å². The molecule has 0 saturated heterocycles. The van der Waals surface area contributed by atoms with E-state index in [9.17, 15) is 0 Å². The predicted molar refractivity (Wildman–Crippen MR) is 76.2 cm³/mol. The Morgan fingerprint density at radius 1 is 0.941 bits per heavy atom. The van der Waals surface area contributed by atoms with Crippen LogP contribution in [-0.2, 0) is 4.74 Å². The Kier molecular flexibility index (Phi) is 11.0. The molecule has 0 spiro atoms. The maximum Gasteiger partial charge on any atom is 0.0744 e. The molecule has 0 radical (unpaired) electrons. The zero-order valence-corrected chi connectivity index (χ0v) is 12.4. The second-order valence-electron chi connectivity index (χ2n) is 5.52. The van der Waals surface area contributed by atoms with Gasteiger partial charge in [-0.15, -0.1) is 0 Å². The first-order chi connectivity index (χ1) is 8.13. The first kappa shape index (κ1) is 16.9. The maximum atomic E-state index is 6.17. The van der Waals surface area contributed by atoms with Gasteiger partial charge in [0.15, 0.2) is 0 Å². The fourth-order valence-corrected chi connectivity index (χ4v) is 2.44. The Morgan fingerprint density at radius 2 is 1.47 bits per heavy atom. The van der Waals surface area contributed by atoms with Gasteiger partial charge in [-0.3, -0.25) is 0 Å². The van der Waals surface area contributed by atoms with Crippen LogP contribution in [0.15, 0.2) is 0 Å². The van der Waals surface area contributed by atoms with Crippen LogP contribution >= 0.6 is 0 Å². The average Bonchev–Trinajstić information content (AvgIpc) is 2.28. The first-order valence-corrected chi connectivity index (χ1v) is 7.41. The van der Waals surface area contributed by atoms with Crippen LogP contribution in [0, 0.1) is 5.92 Å². The Balaban J connectivity index is 3.46. The zero-order chi connectivity index (χ0) is 13.1. The summed E-state index contributed by atoms with van der Waals surface area (Å²) in [5.74, 6) is 0.513. The fraction of sp³-hybridized carbons (Fsp3) is 1.00. The zero-order valence-electron chi connectivity index (χ0n) is 12.4. The molecule has 0 fully saturated rings. The van der Waals surface area contributed by atoms with Crippen LogP contribution in [0.25, 0.3) is 0 Å². The third kappa shape index (κ3) is 8.62. The normalized spacial score (nSPS) is 15.2. The quantitative estimate of drug-likeness (QED) is 0.554. The smallest absolute Gasteiger partial charge is 0.0744 e. The van der Waals surface area contributed by atoms with Crippen molar-refractivity contribution in [3.63, 3.8) is 0 Å². The standard InChI is InChI=1S/C15H33NO/c1-5-6-7-8-9-10-11-12-14(16)15(17-4)13(2)3/h13-15H,5-12,16H2,1-4H3. The summed E-state index contributed by atoms with van der Waals surface area (Å²) in [5, 5.41) is 0. The van der Waals surface area contributed by atoms with Gasteiger partial charge in [0, 0.05) is 13.2 Å². The van der Waals surface area contributed by atoms with Crippen molar-refractivity contribution in [3.05, 3.63) is 0 Å². The molecule has 2 unspecified atom stereocenters. The summed E-state index contributed by atoms with van der Waals surface area (Å²) in [6.07, 6.45) is 10.8. The third-order valence-electron chi connectivity index (χ3n) is 3.49. The van der Waals surface area contributed by atoms with Crippen molar-refractivity contribution < 1.29 is 4.74 Å². The Labute approximate surface area is 108 Å². The lowest BCUT2D eigenvalue weighted by Crippen LogP contribution is -2.39. The highest BCUT2D eigenvalue weighted by Gasteiger charge is 2.19. The van der Waals surface area contributed by atoms with Crippen LogP contribution in [0.4, 0.5) is 0 Å². The summed E-state index contributed by atoms with van der Waals surface area (Å²) in [4.78, 5) is 0. The van der Waals surface area contributed by atoms with Crippen molar-refractivity contribution in [2.45, 2.75) is 84.3 Å². The number of ether oxygens (including phenoxy) is 1. The maximum absolute atomic E-state index is 6.17. The molecule has 2 heteroatoms. The topological polar surface area (TPSA) is 35.2 Å². The number of rotatable bonds is 11. The molecule has 0 aliphatic heterocycles. The monoisotopic (exact) mass is 243 g/mol. The van der Waals surface area contributed by atoms with E-state index < -0.39 is 0 Å². The minimum absolute atomic E-state index is 0.204. The van der Waals surface area contributed by atoms with Crippen LogP contribution in [0.1, 0.15) is 72.1 Å². The minimum atomic E-state index is 0.204. The van der Waals surface area contributed by atoms with Crippen LogP contribution in [-0.4, -0.2) is 19.3 Å².